The lowest BCUT2D eigenvalue weighted by Crippen LogP contribution is -2.42. The number of carboxylic acids is 1. The maximum Gasteiger partial charge on any atom is 0.335 e. The van der Waals surface area contributed by atoms with Gasteiger partial charge in [-0.2, -0.15) is 0 Å². The highest BCUT2D eigenvalue weighted by Gasteiger charge is 2.37. The van der Waals surface area contributed by atoms with E-state index in [9.17, 15) is 14.3 Å². The third kappa shape index (κ3) is 4.45. The second-order valence-electron chi connectivity index (χ2n) is 8.34. The first-order valence-corrected chi connectivity index (χ1v) is 9.08. The molecule has 0 amide bonds. The van der Waals surface area contributed by atoms with E-state index in [0.29, 0.717) is 0 Å². The maximum absolute atomic E-state index is 13.5. The van der Waals surface area contributed by atoms with Gasteiger partial charge in [0.15, 0.2) is 0 Å². The SMILES string of the molecule is CC1(C)CC(=C(c2ccc(F)cc2)c2ccc(C(=O)O)cc2)CC(C)(C)O1. The zero-order valence-electron chi connectivity index (χ0n) is 16.2. The van der Waals surface area contributed by atoms with Gasteiger partial charge in [0, 0.05) is 0 Å². The second kappa shape index (κ2) is 6.93. The molecule has 0 saturated carbocycles. The van der Waals surface area contributed by atoms with E-state index in [4.69, 9.17) is 4.74 Å². The van der Waals surface area contributed by atoms with Crippen LogP contribution in [0, 0.1) is 5.82 Å². The largest absolute Gasteiger partial charge is 0.478 e. The Labute approximate surface area is 159 Å². The third-order valence-electron chi connectivity index (χ3n) is 4.74. The van der Waals surface area contributed by atoms with Gasteiger partial charge in [-0.15, -0.1) is 0 Å². The fraction of sp³-hybridized carbons (Fsp3) is 0.348. The number of hydrogen-bond acceptors (Lipinski definition) is 2. The minimum Gasteiger partial charge on any atom is -0.478 e. The van der Waals surface area contributed by atoms with Gasteiger partial charge >= 0.3 is 5.97 Å². The molecule has 1 fully saturated rings. The van der Waals surface area contributed by atoms with Gasteiger partial charge in [-0.05, 0) is 81.5 Å². The zero-order valence-corrected chi connectivity index (χ0v) is 16.2. The van der Waals surface area contributed by atoms with Crippen molar-refractivity contribution in [3.05, 3.63) is 76.6 Å². The van der Waals surface area contributed by atoms with Gasteiger partial charge < -0.3 is 9.84 Å². The fourth-order valence-electron chi connectivity index (χ4n) is 4.06. The number of rotatable bonds is 3. The predicted octanol–water partition coefficient (Wildman–Crippen LogP) is 5.69. The van der Waals surface area contributed by atoms with Crippen LogP contribution in [-0.2, 0) is 4.74 Å². The Bertz CT molecular complexity index is 857. The average molecular weight is 368 g/mol. The van der Waals surface area contributed by atoms with E-state index < -0.39 is 5.97 Å². The highest BCUT2D eigenvalue weighted by molar-refractivity contribution is 5.89. The zero-order chi connectivity index (χ0) is 19.8. The molecule has 1 N–H and O–H groups in total. The average Bonchev–Trinajstić information content (AvgIpc) is 2.54. The Balaban J connectivity index is 2.18. The third-order valence-corrected chi connectivity index (χ3v) is 4.74. The first-order chi connectivity index (χ1) is 12.6. The normalized spacial score (nSPS) is 18.2. The van der Waals surface area contributed by atoms with Crippen LogP contribution in [0.2, 0.25) is 0 Å². The predicted molar refractivity (Wildman–Crippen MR) is 104 cm³/mol. The van der Waals surface area contributed by atoms with E-state index in [0.717, 1.165) is 29.5 Å². The van der Waals surface area contributed by atoms with Gasteiger partial charge in [0.25, 0.3) is 0 Å². The van der Waals surface area contributed by atoms with Crippen LogP contribution in [0.5, 0.6) is 0 Å². The molecular formula is C23H25FO3. The lowest BCUT2D eigenvalue weighted by atomic mass is 9.79. The van der Waals surface area contributed by atoms with Crippen LogP contribution in [0.25, 0.3) is 5.57 Å². The van der Waals surface area contributed by atoms with Gasteiger partial charge in [-0.3, -0.25) is 0 Å². The molecule has 1 aliphatic heterocycles. The van der Waals surface area contributed by atoms with Crippen molar-refractivity contribution in [1.29, 1.82) is 0 Å². The van der Waals surface area contributed by atoms with Crippen molar-refractivity contribution in [3.8, 4) is 0 Å². The highest BCUT2D eigenvalue weighted by atomic mass is 19.1. The van der Waals surface area contributed by atoms with Crippen molar-refractivity contribution in [2.24, 2.45) is 0 Å². The summed E-state index contributed by atoms with van der Waals surface area (Å²) in [5, 5.41) is 9.18. The Morgan fingerprint density at radius 2 is 1.26 bits per heavy atom. The number of halogens is 1. The summed E-state index contributed by atoms with van der Waals surface area (Å²) in [4.78, 5) is 11.2. The molecule has 2 aromatic rings. The van der Waals surface area contributed by atoms with Crippen molar-refractivity contribution >= 4 is 11.5 Å². The summed E-state index contributed by atoms with van der Waals surface area (Å²) in [5.74, 6) is -1.23. The molecule has 0 atom stereocenters. The van der Waals surface area contributed by atoms with E-state index >= 15 is 0 Å². The number of aromatic carboxylic acids is 1. The molecule has 0 radical (unpaired) electrons. The Morgan fingerprint density at radius 1 is 0.852 bits per heavy atom. The van der Waals surface area contributed by atoms with Gasteiger partial charge in [-0.1, -0.05) is 29.8 Å². The summed E-state index contributed by atoms with van der Waals surface area (Å²) >= 11 is 0. The lowest BCUT2D eigenvalue weighted by molar-refractivity contribution is -0.138. The van der Waals surface area contributed by atoms with Crippen molar-refractivity contribution in [2.75, 3.05) is 0 Å². The number of benzene rings is 2. The van der Waals surface area contributed by atoms with Crippen LogP contribution in [0.3, 0.4) is 0 Å². The van der Waals surface area contributed by atoms with Crippen molar-refractivity contribution < 1.29 is 19.0 Å². The van der Waals surface area contributed by atoms with E-state index in [1.165, 1.54) is 17.7 Å². The molecule has 0 bridgehead atoms. The minimum atomic E-state index is -0.953. The first kappa shape index (κ1) is 19.3. The van der Waals surface area contributed by atoms with Crippen molar-refractivity contribution in [2.45, 2.75) is 51.7 Å². The van der Waals surface area contributed by atoms with Crippen molar-refractivity contribution in [3.63, 3.8) is 0 Å². The van der Waals surface area contributed by atoms with Crippen LogP contribution in [0.15, 0.2) is 54.1 Å². The summed E-state index contributed by atoms with van der Waals surface area (Å²) in [6.45, 7) is 8.29. The number of hydrogen-bond donors (Lipinski definition) is 1. The van der Waals surface area contributed by atoms with E-state index in [1.807, 2.05) is 12.1 Å². The molecule has 1 aliphatic rings. The van der Waals surface area contributed by atoms with Gasteiger partial charge in [0.2, 0.25) is 0 Å². The second-order valence-corrected chi connectivity index (χ2v) is 8.34. The van der Waals surface area contributed by atoms with Crippen LogP contribution >= 0.6 is 0 Å². The first-order valence-electron chi connectivity index (χ1n) is 9.08. The lowest BCUT2D eigenvalue weighted by Gasteiger charge is -2.43. The summed E-state index contributed by atoms with van der Waals surface area (Å²) in [5.41, 5.74) is 3.71. The minimum absolute atomic E-state index is 0.245. The van der Waals surface area contributed by atoms with E-state index in [1.54, 1.807) is 24.3 Å². The number of carboxylic acid groups (broad SMARTS) is 1. The molecule has 1 saturated heterocycles. The molecule has 2 aromatic carbocycles. The van der Waals surface area contributed by atoms with Crippen LogP contribution in [0.4, 0.5) is 4.39 Å². The van der Waals surface area contributed by atoms with E-state index in [2.05, 4.69) is 27.7 Å². The Kier molecular flexibility index (Phi) is 4.96. The topological polar surface area (TPSA) is 46.5 Å². The smallest absolute Gasteiger partial charge is 0.335 e. The molecule has 0 aromatic heterocycles. The number of carbonyl (C=O) groups is 1. The van der Waals surface area contributed by atoms with Crippen LogP contribution in [0.1, 0.15) is 62.0 Å². The van der Waals surface area contributed by atoms with E-state index in [-0.39, 0.29) is 22.6 Å². The molecule has 3 rings (SSSR count). The van der Waals surface area contributed by atoms with Gasteiger partial charge in [0.1, 0.15) is 5.82 Å². The molecule has 4 heteroatoms. The molecular weight excluding hydrogens is 343 g/mol. The monoisotopic (exact) mass is 368 g/mol. The molecule has 1 heterocycles. The Hall–Kier alpha value is -2.46. The van der Waals surface area contributed by atoms with Crippen LogP contribution in [-0.4, -0.2) is 22.3 Å². The standard InChI is InChI=1S/C23H25FO3/c1-22(2)13-18(14-23(3,4)27-22)20(16-9-11-19(24)12-10-16)15-5-7-17(8-6-15)21(25)26/h5-12H,13-14H2,1-4H3,(H,25,26). The highest BCUT2D eigenvalue weighted by Crippen LogP contribution is 2.43. The molecule has 0 spiro atoms. The number of ether oxygens (including phenoxy) is 1. The maximum atomic E-state index is 13.5. The van der Waals surface area contributed by atoms with Gasteiger partial charge in [-0.25, -0.2) is 9.18 Å². The summed E-state index contributed by atoms with van der Waals surface area (Å²) in [6.07, 6.45) is 1.51. The molecule has 27 heavy (non-hydrogen) atoms. The molecule has 0 unspecified atom stereocenters. The Morgan fingerprint density at radius 3 is 1.70 bits per heavy atom. The molecule has 0 aliphatic carbocycles. The quantitative estimate of drug-likeness (QED) is 0.757. The molecule has 142 valence electrons. The van der Waals surface area contributed by atoms with Gasteiger partial charge in [0.05, 0.1) is 16.8 Å². The summed E-state index contributed by atoms with van der Waals surface area (Å²) < 4.78 is 19.7. The fourth-order valence-corrected chi connectivity index (χ4v) is 4.06. The summed E-state index contributed by atoms with van der Waals surface area (Å²) in [7, 11) is 0. The van der Waals surface area contributed by atoms with Crippen LogP contribution < -0.4 is 0 Å². The summed E-state index contributed by atoms with van der Waals surface area (Å²) in [6, 6.07) is 13.3. The molecule has 3 nitrogen and oxygen atoms in total. The van der Waals surface area contributed by atoms with Crippen molar-refractivity contribution in [1.82, 2.24) is 0 Å².